The monoisotopic (exact) mass is 412 g/mol. The molecule has 2 rings (SSSR count). The molecule has 2 aromatic rings. The molecular formula is C21H20N2O5S. The van der Waals surface area contributed by atoms with Crippen LogP contribution < -0.4 is 10.1 Å². The summed E-state index contributed by atoms with van der Waals surface area (Å²) in [4.78, 5) is 37.3. The van der Waals surface area contributed by atoms with Crippen molar-refractivity contribution in [3.63, 3.8) is 0 Å². The number of methoxy groups -OCH3 is 1. The number of hydrogen-bond donors (Lipinski definition) is 1. The van der Waals surface area contributed by atoms with Crippen molar-refractivity contribution in [1.82, 2.24) is 0 Å². The number of thiophene rings is 1. The fourth-order valence-electron chi connectivity index (χ4n) is 2.65. The summed E-state index contributed by atoms with van der Waals surface area (Å²) in [6.45, 7) is 4.80. The van der Waals surface area contributed by atoms with Gasteiger partial charge in [-0.15, -0.1) is 11.3 Å². The van der Waals surface area contributed by atoms with Gasteiger partial charge in [0.25, 0.3) is 5.91 Å². The lowest BCUT2D eigenvalue weighted by atomic mass is 10.1. The van der Waals surface area contributed by atoms with Crippen LogP contribution in [0.3, 0.4) is 0 Å². The molecule has 0 aliphatic carbocycles. The van der Waals surface area contributed by atoms with E-state index in [1.54, 1.807) is 38.1 Å². The minimum atomic E-state index is -0.708. The number of anilines is 1. The lowest BCUT2D eigenvalue weighted by molar-refractivity contribution is -0.112. The number of carbonyl (C=O) groups excluding carboxylic acids is 3. The first-order valence-corrected chi connectivity index (χ1v) is 9.53. The third-order valence-corrected chi connectivity index (χ3v) is 5.29. The van der Waals surface area contributed by atoms with Gasteiger partial charge >= 0.3 is 5.97 Å². The van der Waals surface area contributed by atoms with E-state index >= 15 is 0 Å². The van der Waals surface area contributed by atoms with Crippen LogP contribution in [0.4, 0.5) is 5.00 Å². The van der Waals surface area contributed by atoms with E-state index in [0.717, 1.165) is 11.3 Å². The molecule has 0 spiro atoms. The van der Waals surface area contributed by atoms with Gasteiger partial charge in [0.1, 0.15) is 22.4 Å². The van der Waals surface area contributed by atoms with E-state index in [0.29, 0.717) is 21.8 Å². The highest BCUT2D eigenvalue weighted by Crippen LogP contribution is 2.34. The number of rotatable bonds is 7. The highest BCUT2D eigenvalue weighted by atomic mass is 32.1. The molecule has 0 bridgehead atoms. The van der Waals surface area contributed by atoms with Crippen LogP contribution >= 0.6 is 11.3 Å². The Balaban J connectivity index is 2.44. The van der Waals surface area contributed by atoms with E-state index in [1.165, 1.54) is 20.1 Å². The zero-order chi connectivity index (χ0) is 21.6. The van der Waals surface area contributed by atoms with Gasteiger partial charge in [0, 0.05) is 5.56 Å². The molecule has 7 nitrogen and oxygen atoms in total. The lowest BCUT2D eigenvalue weighted by Crippen LogP contribution is -2.16. The van der Waals surface area contributed by atoms with E-state index in [2.05, 4.69) is 5.32 Å². The summed E-state index contributed by atoms with van der Waals surface area (Å²) < 4.78 is 10.3. The van der Waals surface area contributed by atoms with Crippen LogP contribution in [0.25, 0.3) is 6.08 Å². The molecule has 8 heteroatoms. The number of hydrogen-bond acceptors (Lipinski definition) is 7. The molecule has 1 aromatic carbocycles. The first kappa shape index (κ1) is 21.9. The number of para-hydroxylation sites is 1. The number of esters is 1. The predicted molar refractivity (Wildman–Crippen MR) is 110 cm³/mol. The predicted octanol–water partition coefficient (Wildman–Crippen LogP) is 3.99. The topological polar surface area (TPSA) is 105 Å². The third kappa shape index (κ3) is 4.89. The summed E-state index contributed by atoms with van der Waals surface area (Å²) in [6, 6.07) is 8.79. The van der Waals surface area contributed by atoms with Gasteiger partial charge in [-0.1, -0.05) is 18.2 Å². The zero-order valence-electron chi connectivity index (χ0n) is 16.5. The Hall–Kier alpha value is -3.44. The van der Waals surface area contributed by atoms with Gasteiger partial charge < -0.3 is 14.8 Å². The first-order valence-electron chi connectivity index (χ1n) is 8.71. The van der Waals surface area contributed by atoms with Crippen LogP contribution in [-0.2, 0) is 9.53 Å². The Morgan fingerprint density at radius 3 is 2.55 bits per heavy atom. The third-order valence-electron chi connectivity index (χ3n) is 3.98. The Morgan fingerprint density at radius 1 is 1.28 bits per heavy atom. The number of amides is 1. The van der Waals surface area contributed by atoms with Crippen molar-refractivity contribution in [2.45, 2.75) is 20.8 Å². The Labute approximate surface area is 172 Å². The maximum absolute atomic E-state index is 12.7. The largest absolute Gasteiger partial charge is 0.496 e. The van der Waals surface area contributed by atoms with Crippen LogP contribution in [0.1, 0.15) is 45.0 Å². The molecule has 0 aliphatic heterocycles. The zero-order valence-corrected chi connectivity index (χ0v) is 17.3. The summed E-state index contributed by atoms with van der Waals surface area (Å²) in [5.41, 5.74) is 0.923. The number of nitrogens with zero attached hydrogens (tertiary/aromatic N) is 1. The molecule has 150 valence electrons. The van der Waals surface area contributed by atoms with Crippen LogP contribution in [-0.4, -0.2) is 31.4 Å². The van der Waals surface area contributed by atoms with Crippen molar-refractivity contribution in [3.8, 4) is 11.8 Å². The van der Waals surface area contributed by atoms with Gasteiger partial charge in [-0.2, -0.15) is 5.26 Å². The fourth-order valence-corrected chi connectivity index (χ4v) is 3.73. The Bertz CT molecular complexity index is 1030. The molecule has 0 saturated carbocycles. The van der Waals surface area contributed by atoms with Gasteiger partial charge in [0.2, 0.25) is 0 Å². The molecule has 0 aliphatic rings. The van der Waals surface area contributed by atoms with Crippen molar-refractivity contribution in [3.05, 3.63) is 51.4 Å². The molecule has 0 unspecified atom stereocenters. The van der Waals surface area contributed by atoms with Gasteiger partial charge in [0.15, 0.2) is 5.78 Å². The van der Waals surface area contributed by atoms with Crippen molar-refractivity contribution >= 4 is 40.1 Å². The second kappa shape index (κ2) is 9.66. The second-order valence-corrected chi connectivity index (χ2v) is 6.92. The summed E-state index contributed by atoms with van der Waals surface area (Å²) in [7, 11) is 1.49. The van der Waals surface area contributed by atoms with Crippen LogP contribution in [0.15, 0.2) is 29.8 Å². The summed E-state index contributed by atoms with van der Waals surface area (Å²) in [6.07, 6.45) is 1.39. The molecule has 0 radical (unpaired) electrons. The maximum atomic E-state index is 12.7. The highest BCUT2D eigenvalue weighted by Gasteiger charge is 2.26. The van der Waals surface area contributed by atoms with E-state index in [-0.39, 0.29) is 28.5 Å². The SMILES string of the molecule is CCOC(=O)c1c(NC(=O)C(C#N)=Cc2ccccc2OC)sc(C(C)=O)c1C. The smallest absolute Gasteiger partial charge is 0.341 e. The fraction of sp³-hybridized carbons (Fsp3) is 0.238. The molecule has 0 atom stereocenters. The molecule has 1 amide bonds. The average molecular weight is 412 g/mol. The summed E-state index contributed by atoms with van der Waals surface area (Å²) in [5, 5.41) is 12.2. The van der Waals surface area contributed by atoms with Gasteiger partial charge in [-0.25, -0.2) is 4.79 Å². The van der Waals surface area contributed by atoms with Crippen LogP contribution in [0.5, 0.6) is 5.75 Å². The number of nitrogens with one attached hydrogen (secondary N) is 1. The minimum absolute atomic E-state index is 0.116. The number of ketones is 1. The van der Waals surface area contributed by atoms with E-state index in [4.69, 9.17) is 9.47 Å². The highest BCUT2D eigenvalue weighted by molar-refractivity contribution is 7.18. The summed E-state index contributed by atoms with van der Waals surface area (Å²) >= 11 is 0.975. The second-order valence-electron chi connectivity index (χ2n) is 5.90. The first-order chi connectivity index (χ1) is 13.8. The average Bonchev–Trinajstić information content (AvgIpc) is 3.02. The number of Topliss-reactive ketones (excluding diaryl/α,β-unsaturated/α-hetero) is 1. The lowest BCUT2D eigenvalue weighted by Gasteiger charge is -2.07. The van der Waals surface area contributed by atoms with Crippen molar-refractivity contribution < 1.29 is 23.9 Å². The molecule has 0 fully saturated rings. The molecule has 29 heavy (non-hydrogen) atoms. The molecule has 1 N–H and O–H groups in total. The number of benzene rings is 1. The van der Waals surface area contributed by atoms with E-state index < -0.39 is 11.9 Å². The Morgan fingerprint density at radius 2 is 1.97 bits per heavy atom. The number of ether oxygens (including phenoxy) is 2. The van der Waals surface area contributed by atoms with Crippen LogP contribution in [0, 0.1) is 18.3 Å². The maximum Gasteiger partial charge on any atom is 0.341 e. The van der Waals surface area contributed by atoms with Crippen LogP contribution in [0.2, 0.25) is 0 Å². The quantitative estimate of drug-likeness (QED) is 0.319. The molecular weight excluding hydrogens is 392 g/mol. The standard InChI is InChI=1S/C21H20N2O5S/c1-5-28-21(26)17-12(2)18(13(3)24)29-20(17)23-19(25)15(11-22)10-14-8-6-7-9-16(14)27-4/h6-10H,5H2,1-4H3,(H,23,25). The Kier molecular flexibility index (Phi) is 7.28. The van der Waals surface area contributed by atoms with E-state index in [9.17, 15) is 19.6 Å². The normalized spacial score (nSPS) is 10.8. The number of nitriles is 1. The van der Waals surface area contributed by atoms with Gasteiger partial charge in [-0.3, -0.25) is 9.59 Å². The van der Waals surface area contributed by atoms with Crippen molar-refractivity contribution in [1.29, 1.82) is 5.26 Å². The number of carbonyl (C=O) groups is 3. The van der Waals surface area contributed by atoms with E-state index in [1.807, 2.05) is 6.07 Å². The van der Waals surface area contributed by atoms with Gasteiger partial charge in [-0.05, 0) is 38.5 Å². The van der Waals surface area contributed by atoms with Crippen molar-refractivity contribution in [2.75, 3.05) is 19.0 Å². The van der Waals surface area contributed by atoms with Gasteiger partial charge in [0.05, 0.1) is 24.2 Å². The molecule has 0 saturated heterocycles. The minimum Gasteiger partial charge on any atom is -0.496 e. The molecule has 1 aromatic heterocycles. The summed E-state index contributed by atoms with van der Waals surface area (Å²) in [5.74, 6) is -1.08. The molecule has 1 heterocycles. The van der Waals surface area contributed by atoms with Crippen molar-refractivity contribution in [2.24, 2.45) is 0 Å².